The number of nitrogens with one attached hydrogen (secondary N) is 1. The molecule has 0 spiro atoms. The van der Waals surface area contributed by atoms with E-state index in [0.717, 1.165) is 19.3 Å². The summed E-state index contributed by atoms with van der Waals surface area (Å²) in [5.74, 6) is -0.588. The van der Waals surface area contributed by atoms with E-state index in [4.69, 9.17) is 4.74 Å². The zero-order valence-electron chi connectivity index (χ0n) is 19.9. The van der Waals surface area contributed by atoms with Crippen molar-refractivity contribution < 1.29 is 28.6 Å². The number of rotatable bonds is 10. The number of benzene rings is 1. The van der Waals surface area contributed by atoms with E-state index in [1.807, 2.05) is 6.92 Å². The van der Waals surface area contributed by atoms with Crippen molar-refractivity contribution in [1.82, 2.24) is 10.2 Å². The van der Waals surface area contributed by atoms with Gasteiger partial charge >= 0.3 is 0 Å². The van der Waals surface area contributed by atoms with Gasteiger partial charge in [-0.15, -0.1) is 0 Å². The van der Waals surface area contributed by atoms with E-state index >= 15 is 0 Å². The van der Waals surface area contributed by atoms with Crippen molar-refractivity contribution in [1.29, 1.82) is 0 Å². The number of nitrogens with zero attached hydrogens (tertiary/aromatic N) is 1. The first kappa shape index (κ1) is 24.6. The highest BCUT2D eigenvalue weighted by Gasteiger charge is 2.45. The third-order valence-corrected chi connectivity index (χ3v) is 7.56. The molecule has 34 heavy (non-hydrogen) atoms. The minimum Gasteiger partial charge on any atom is -0.490 e. The van der Waals surface area contributed by atoms with Crippen LogP contribution in [0.4, 0.5) is 4.39 Å². The molecule has 186 valence electrons. The van der Waals surface area contributed by atoms with Crippen molar-refractivity contribution in [2.24, 2.45) is 11.8 Å². The number of carbonyl (C=O) groups excluding carboxylic acids is 3. The smallest absolute Gasteiger partial charge is 0.229 e. The molecule has 7 nitrogen and oxygen atoms in total. The van der Waals surface area contributed by atoms with E-state index < -0.39 is 17.5 Å². The summed E-state index contributed by atoms with van der Waals surface area (Å²) in [6.07, 6.45) is 6.29. The summed E-state index contributed by atoms with van der Waals surface area (Å²) < 4.78 is 20.0. The number of carbonyl (C=O) groups is 3. The van der Waals surface area contributed by atoms with Crippen LogP contribution in [0.2, 0.25) is 0 Å². The van der Waals surface area contributed by atoms with Crippen molar-refractivity contribution in [2.75, 3.05) is 13.2 Å². The Hall–Kier alpha value is -2.48. The van der Waals surface area contributed by atoms with Crippen LogP contribution in [-0.4, -0.2) is 46.9 Å². The van der Waals surface area contributed by atoms with Gasteiger partial charge < -0.3 is 14.7 Å². The highest BCUT2D eigenvalue weighted by atomic mass is 19.1. The molecule has 8 heteroatoms. The quantitative estimate of drug-likeness (QED) is 0.507. The molecule has 1 aromatic carbocycles. The van der Waals surface area contributed by atoms with Crippen LogP contribution in [0.5, 0.6) is 5.75 Å². The van der Waals surface area contributed by atoms with Gasteiger partial charge in [-0.25, -0.2) is 4.39 Å². The molecule has 0 bridgehead atoms. The Bertz CT molecular complexity index is 934. The van der Waals surface area contributed by atoms with Crippen LogP contribution in [0.3, 0.4) is 0 Å². The predicted molar refractivity (Wildman–Crippen MR) is 123 cm³/mol. The molecule has 3 amide bonds. The first-order valence-corrected chi connectivity index (χ1v) is 12.6. The molecule has 1 aliphatic carbocycles. The van der Waals surface area contributed by atoms with Crippen LogP contribution < -0.4 is 10.1 Å². The van der Waals surface area contributed by atoms with E-state index in [2.05, 4.69) is 5.32 Å². The monoisotopic (exact) mass is 474 g/mol. The van der Waals surface area contributed by atoms with Crippen molar-refractivity contribution in [3.8, 4) is 5.75 Å². The number of hydrogen-bond acceptors (Lipinski definition) is 5. The molecule has 3 fully saturated rings. The van der Waals surface area contributed by atoms with E-state index in [1.165, 1.54) is 6.07 Å². The van der Waals surface area contributed by atoms with Gasteiger partial charge in [0.25, 0.3) is 0 Å². The van der Waals surface area contributed by atoms with Crippen molar-refractivity contribution >= 4 is 17.7 Å². The first-order chi connectivity index (χ1) is 16.3. The molecule has 4 rings (SSSR count). The van der Waals surface area contributed by atoms with E-state index in [1.54, 1.807) is 17.0 Å². The van der Waals surface area contributed by atoms with E-state index in [9.17, 15) is 23.9 Å². The molecule has 0 aromatic heterocycles. The largest absolute Gasteiger partial charge is 0.490 e. The van der Waals surface area contributed by atoms with Gasteiger partial charge in [-0.2, -0.15) is 0 Å². The van der Waals surface area contributed by atoms with Gasteiger partial charge in [0.1, 0.15) is 5.60 Å². The van der Waals surface area contributed by atoms with Gasteiger partial charge in [0.05, 0.1) is 12.6 Å². The number of aliphatic hydroxyl groups is 1. The number of likely N-dealkylation sites (tertiary alicyclic amines) is 1. The Kier molecular flexibility index (Phi) is 7.55. The van der Waals surface area contributed by atoms with E-state index in [-0.39, 0.29) is 35.8 Å². The number of imide groups is 1. The highest BCUT2D eigenvalue weighted by molar-refractivity contribution is 5.98. The number of hydrogen-bond donors (Lipinski definition) is 2. The van der Waals surface area contributed by atoms with Crippen molar-refractivity contribution in [3.63, 3.8) is 0 Å². The molecule has 2 saturated heterocycles. The Labute approximate surface area is 200 Å². The zero-order chi connectivity index (χ0) is 24.3. The fraction of sp³-hybridized carbons (Fsp3) is 0.654. The SMILES string of the molecule is CC[C@](O)(c1ccc(F)c(OCC2CC2)c1)C1CCCN1C(=O)CCCC1CCC(=O)NC1=O. The standard InChI is InChI=1S/C26H35FN2O5/c1-2-26(33,19-11-12-20(27)21(15-19)34-16-17-8-9-17)22-6-4-14-29(22)24(31)7-3-5-18-10-13-23(30)28-25(18)32/h11-12,15,17-18,22,33H,2-10,13-14,16H2,1H3,(H,28,30,32)/t18?,22?,26-/m0/s1. The topological polar surface area (TPSA) is 95.9 Å². The van der Waals surface area contributed by atoms with Gasteiger partial charge in [-0.05, 0) is 75.0 Å². The van der Waals surface area contributed by atoms with Crippen LogP contribution in [0.15, 0.2) is 18.2 Å². The fourth-order valence-electron chi connectivity index (χ4n) is 5.23. The maximum Gasteiger partial charge on any atom is 0.229 e. The molecular weight excluding hydrogens is 439 g/mol. The summed E-state index contributed by atoms with van der Waals surface area (Å²) in [5.41, 5.74) is -0.739. The number of amides is 3. The Morgan fingerprint density at radius 1 is 1.26 bits per heavy atom. The Balaban J connectivity index is 1.40. The highest BCUT2D eigenvalue weighted by Crippen LogP contribution is 2.40. The third-order valence-electron chi connectivity index (χ3n) is 7.56. The molecular formula is C26H35FN2O5. The first-order valence-electron chi connectivity index (χ1n) is 12.6. The Morgan fingerprint density at radius 3 is 2.76 bits per heavy atom. The van der Waals surface area contributed by atoms with Gasteiger partial charge in [0, 0.05) is 25.3 Å². The third kappa shape index (κ3) is 5.43. The van der Waals surface area contributed by atoms with Crippen molar-refractivity contribution in [3.05, 3.63) is 29.6 Å². The lowest BCUT2D eigenvalue weighted by atomic mass is 9.82. The average Bonchev–Trinajstić information content (AvgIpc) is 3.52. The number of piperidine rings is 1. The minimum absolute atomic E-state index is 0.0472. The predicted octanol–water partition coefficient (Wildman–Crippen LogP) is 3.43. The second-order valence-electron chi connectivity index (χ2n) is 9.96. The molecule has 2 aliphatic heterocycles. The minimum atomic E-state index is -1.30. The van der Waals surface area contributed by atoms with Gasteiger partial charge in [0.15, 0.2) is 11.6 Å². The zero-order valence-corrected chi connectivity index (χ0v) is 19.9. The van der Waals surface area contributed by atoms with Crippen LogP contribution in [0, 0.1) is 17.7 Å². The molecule has 2 N–H and O–H groups in total. The molecule has 3 atom stereocenters. The van der Waals surface area contributed by atoms with Crippen LogP contribution >= 0.6 is 0 Å². The maximum atomic E-state index is 14.3. The van der Waals surface area contributed by atoms with Crippen LogP contribution in [0.25, 0.3) is 0 Å². The Morgan fingerprint density at radius 2 is 2.06 bits per heavy atom. The van der Waals surface area contributed by atoms with Crippen LogP contribution in [-0.2, 0) is 20.0 Å². The molecule has 2 heterocycles. The van der Waals surface area contributed by atoms with Gasteiger partial charge in [-0.3, -0.25) is 19.7 Å². The number of ether oxygens (including phenoxy) is 1. The summed E-state index contributed by atoms with van der Waals surface area (Å²) in [6.45, 7) is 2.92. The second-order valence-corrected chi connectivity index (χ2v) is 9.96. The summed E-state index contributed by atoms with van der Waals surface area (Å²) in [5, 5.41) is 14.1. The van der Waals surface area contributed by atoms with Gasteiger partial charge in [-0.1, -0.05) is 13.0 Å². The normalized spacial score (nSPS) is 24.6. The summed E-state index contributed by atoms with van der Waals surface area (Å²) >= 11 is 0. The maximum absolute atomic E-state index is 14.3. The molecule has 1 saturated carbocycles. The molecule has 1 aromatic rings. The van der Waals surface area contributed by atoms with Crippen LogP contribution in [0.1, 0.15) is 76.7 Å². The number of halogens is 1. The lowest BCUT2D eigenvalue weighted by molar-refractivity contribution is -0.140. The van der Waals surface area contributed by atoms with Crippen molar-refractivity contribution in [2.45, 2.75) is 82.8 Å². The average molecular weight is 475 g/mol. The lowest BCUT2D eigenvalue weighted by Crippen LogP contribution is -2.49. The van der Waals surface area contributed by atoms with E-state index in [0.29, 0.717) is 63.2 Å². The molecule has 3 aliphatic rings. The lowest BCUT2D eigenvalue weighted by Gasteiger charge is -2.39. The summed E-state index contributed by atoms with van der Waals surface area (Å²) in [7, 11) is 0. The van der Waals surface area contributed by atoms with Gasteiger partial charge in [0.2, 0.25) is 17.7 Å². The summed E-state index contributed by atoms with van der Waals surface area (Å²) in [6, 6.07) is 4.11. The summed E-state index contributed by atoms with van der Waals surface area (Å²) in [4.78, 5) is 38.1. The fourth-order valence-corrected chi connectivity index (χ4v) is 5.23. The molecule has 0 radical (unpaired) electrons. The second kappa shape index (κ2) is 10.4. The molecule has 2 unspecified atom stereocenters.